The standard InChI is InChI=1S/C48H29NS/c1-3-15-35-30(11-1)13-9-20-37(35)32-23-26-34(27-24-32)49-43-28-25-33(38-21-10-14-31-12-2-4-16-36(31)38)29-42(43)45-39-17-5-6-18-40(39)46-41-19-7-8-22-44(41)50-48(46)47(45)49/h1-29H. The van der Waals surface area contributed by atoms with Crippen LogP contribution >= 0.6 is 11.3 Å². The van der Waals surface area contributed by atoms with Gasteiger partial charge in [0.2, 0.25) is 0 Å². The third kappa shape index (κ3) is 3.94. The minimum atomic E-state index is 1.17. The van der Waals surface area contributed by atoms with Crippen LogP contribution < -0.4 is 0 Å². The Morgan fingerprint density at radius 2 is 0.920 bits per heavy atom. The van der Waals surface area contributed by atoms with Crippen molar-refractivity contribution < 1.29 is 0 Å². The molecule has 0 bridgehead atoms. The fraction of sp³-hybridized carbons (Fsp3) is 0. The summed E-state index contributed by atoms with van der Waals surface area (Å²) in [5, 5.41) is 12.9. The molecule has 11 aromatic rings. The second kappa shape index (κ2) is 10.6. The maximum atomic E-state index is 2.52. The van der Waals surface area contributed by atoms with Crippen LogP contribution in [0, 0.1) is 0 Å². The molecule has 232 valence electrons. The van der Waals surface area contributed by atoms with Crippen molar-refractivity contribution in [2.45, 2.75) is 0 Å². The van der Waals surface area contributed by atoms with Crippen LogP contribution in [0.3, 0.4) is 0 Å². The third-order valence-corrected chi connectivity index (χ3v) is 11.7. The molecule has 0 aliphatic carbocycles. The number of fused-ring (bicyclic) bond motifs is 12. The molecule has 0 fully saturated rings. The Labute approximate surface area is 292 Å². The van der Waals surface area contributed by atoms with Crippen molar-refractivity contribution in [2.24, 2.45) is 0 Å². The van der Waals surface area contributed by atoms with E-state index < -0.39 is 0 Å². The normalized spacial score (nSPS) is 12.0. The number of hydrogen-bond donors (Lipinski definition) is 0. The summed E-state index contributed by atoms with van der Waals surface area (Å²) in [6.07, 6.45) is 0. The molecule has 2 aromatic heterocycles. The number of aromatic nitrogens is 1. The summed E-state index contributed by atoms with van der Waals surface area (Å²) in [6, 6.07) is 64.8. The Hall–Kier alpha value is -6.22. The molecule has 0 saturated heterocycles. The Balaban J connectivity index is 1.25. The lowest BCUT2D eigenvalue weighted by atomic mass is 9.95. The van der Waals surface area contributed by atoms with Crippen LogP contribution in [-0.2, 0) is 0 Å². The zero-order valence-corrected chi connectivity index (χ0v) is 27.9. The predicted octanol–water partition coefficient (Wildman–Crippen LogP) is 13.9. The molecule has 11 rings (SSSR count). The molecule has 0 amide bonds. The van der Waals surface area contributed by atoms with Crippen LogP contribution in [0.4, 0.5) is 0 Å². The fourth-order valence-corrected chi connectivity index (χ4v) is 9.62. The quantitative estimate of drug-likeness (QED) is 0.179. The first-order chi connectivity index (χ1) is 24.8. The lowest BCUT2D eigenvalue weighted by Crippen LogP contribution is -1.94. The van der Waals surface area contributed by atoms with Gasteiger partial charge in [-0.3, -0.25) is 0 Å². The Morgan fingerprint density at radius 1 is 0.380 bits per heavy atom. The number of benzene rings is 9. The molecular formula is C48H29NS. The van der Waals surface area contributed by atoms with Crippen molar-refractivity contribution in [3.63, 3.8) is 0 Å². The van der Waals surface area contributed by atoms with Gasteiger partial charge in [-0.25, -0.2) is 0 Å². The first kappa shape index (κ1) is 27.7. The molecule has 0 atom stereocenters. The largest absolute Gasteiger partial charge is 0.308 e. The zero-order chi connectivity index (χ0) is 32.8. The van der Waals surface area contributed by atoms with Crippen molar-refractivity contribution in [1.29, 1.82) is 0 Å². The maximum absolute atomic E-state index is 2.52. The molecular weight excluding hydrogens is 623 g/mol. The lowest BCUT2D eigenvalue weighted by molar-refractivity contribution is 1.19. The second-order valence-electron chi connectivity index (χ2n) is 13.2. The number of hydrogen-bond acceptors (Lipinski definition) is 1. The first-order valence-electron chi connectivity index (χ1n) is 17.2. The number of thiophene rings is 1. The van der Waals surface area contributed by atoms with Crippen molar-refractivity contribution in [3.8, 4) is 27.9 Å². The van der Waals surface area contributed by atoms with Crippen LogP contribution in [0.5, 0.6) is 0 Å². The average molecular weight is 652 g/mol. The van der Waals surface area contributed by atoms with E-state index in [-0.39, 0.29) is 0 Å². The van der Waals surface area contributed by atoms with Crippen LogP contribution in [0.15, 0.2) is 176 Å². The number of nitrogens with zero attached hydrogens (tertiary/aromatic N) is 1. The van der Waals surface area contributed by atoms with Gasteiger partial charge in [-0.1, -0.05) is 146 Å². The van der Waals surface area contributed by atoms with Crippen LogP contribution in [0.2, 0.25) is 0 Å². The molecule has 0 radical (unpaired) electrons. The van der Waals surface area contributed by atoms with E-state index in [0.717, 1.165) is 0 Å². The summed E-state index contributed by atoms with van der Waals surface area (Å²) < 4.78 is 5.18. The van der Waals surface area contributed by atoms with Gasteiger partial charge in [-0.2, -0.15) is 0 Å². The van der Waals surface area contributed by atoms with E-state index in [1.165, 1.54) is 102 Å². The minimum absolute atomic E-state index is 1.17. The molecule has 0 saturated carbocycles. The van der Waals surface area contributed by atoms with E-state index in [0.29, 0.717) is 0 Å². The van der Waals surface area contributed by atoms with Gasteiger partial charge in [0.25, 0.3) is 0 Å². The van der Waals surface area contributed by atoms with E-state index in [2.05, 4.69) is 180 Å². The minimum Gasteiger partial charge on any atom is -0.308 e. The van der Waals surface area contributed by atoms with Gasteiger partial charge in [0.05, 0.1) is 15.7 Å². The summed E-state index contributed by atoms with van der Waals surface area (Å²) >= 11 is 1.91. The maximum Gasteiger partial charge on any atom is 0.0726 e. The van der Waals surface area contributed by atoms with Crippen molar-refractivity contribution in [2.75, 3.05) is 0 Å². The van der Waals surface area contributed by atoms with E-state index in [1.807, 2.05) is 11.3 Å². The van der Waals surface area contributed by atoms with Gasteiger partial charge < -0.3 is 4.57 Å². The summed E-state index contributed by atoms with van der Waals surface area (Å²) in [6.45, 7) is 0. The highest BCUT2D eigenvalue weighted by Crippen LogP contribution is 2.48. The smallest absolute Gasteiger partial charge is 0.0726 e. The van der Waals surface area contributed by atoms with Crippen LogP contribution in [-0.4, -0.2) is 4.57 Å². The molecule has 0 N–H and O–H groups in total. The molecule has 0 unspecified atom stereocenters. The summed E-state index contributed by atoms with van der Waals surface area (Å²) in [5.41, 5.74) is 8.65. The van der Waals surface area contributed by atoms with E-state index in [9.17, 15) is 0 Å². The number of rotatable bonds is 3. The van der Waals surface area contributed by atoms with Gasteiger partial charge in [-0.15, -0.1) is 11.3 Å². The highest BCUT2D eigenvalue weighted by molar-refractivity contribution is 7.27. The lowest BCUT2D eigenvalue weighted by Gasteiger charge is -2.12. The van der Waals surface area contributed by atoms with Crippen molar-refractivity contribution >= 4 is 85.6 Å². The second-order valence-corrected chi connectivity index (χ2v) is 14.3. The van der Waals surface area contributed by atoms with Crippen LogP contribution in [0.1, 0.15) is 0 Å². The van der Waals surface area contributed by atoms with Crippen LogP contribution in [0.25, 0.3) is 102 Å². The van der Waals surface area contributed by atoms with Gasteiger partial charge in [-0.05, 0) is 84.9 Å². The monoisotopic (exact) mass is 651 g/mol. The molecule has 0 aliphatic heterocycles. The van der Waals surface area contributed by atoms with Gasteiger partial charge in [0.1, 0.15) is 0 Å². The zero-order valence-electron chi connectivity index (χ0n) is 27.1. The molecule has 0 aliphatic rings. The summed E-state index contributed by atoms with van der Waals surface area (Å²) in [7, 11) is 0. The van der Waals surface area contributed by atoms with E-state index >= 15 is 0 Å². The highest BCUT2D eigenvalue weighted by atomic mass is 32.1. The molecule has 50 heavy (non-hydrogen) atoms. The molecule has 2 heteroatoms. The van der Waals surface area contributed by atoms with E-state index in [1.54, 1.807) is 0 Å². The highest BCUT2D eigenvalue weighted by Gasteiger charge is 2.22. The first-order valence-corrected chi connectivity index (χ1v) is 18.0. The Kier molecular flexibility index (Phi) is 5.89. The molecule has 9 aromatic carbocycles. The van der Waals surface area contributed by atoms with Gasteiger partial charge >= 0.3 is 0 Å². The van der Waals surface area contributed by atoms with Crippen molar-refractivity contribution in [3.05, 3.63) is 176 Å². The predicted molar refractivity (Wildman–Crippen MR) is 217 cm³/mol. The van der Waals surface area contributed by atoms with Gasteiger partial charge in [0, 0.05) is 31.9 Å². The Bertz CT molecular complexity index is 3130. The topological polar surface area (TPSA) is 4.93 Å². The third-order valence-electron chi connectivity index (χ3n) is 10.6. The van der Waals surface area contributed by atoms with E-state index in [4.69, 9.17) is 0 Å². The molecule has 1 nitrogen and oxygen atoms in total. The molecule has 2 heterocycles. The SMILES string of the molecule is c1ccc2c(-c3ccc(-n4c5ccc(-c6cccc7ccccc67)cc5c5c6ccccc6c6c7ccccc7sc6c54)cc3)cccc2c1. The summed E-state index contributed by atoms with van der Waals surface area (Å²) in [5.74, 6) is 0. The van der Waals surface area contributed by atoms with Gasteiger partial charge in [0.15, 0.2) is 0 Å². The molecule has 0 spiro atoms. The average Bonchev–Trinajstić information content (AvgIpc) is 3.74. The fourth-order valence-electron chi connectivity index (χ4n) is 8.36. The summed E-state index contributed by atoms with van der Waals surface area (Å²) in [4.78, 5) is 0. The Morgan fingerprint density at radius 3 is 1.62 bits per heavy atom. The van der Waals surface area contributed by atoms with Crippen molar-refractivity contribution in [1.82, 2.24) is 4.57 Å².